The van der Waals surface area contributed by atoms with Crippen molar-refractivity contribution in [2.75, 3.05) is 6.61 Å². The van der Waals surface area contributed by atoms with Crippen molar-refractivity contribution in [3.8, 4) is 0 Å². The molecular formula is C39H44O2Si. The van der Waals surface area contributed by atoms with Crippen LogP contribution in [0.15, 0.2) is 139 Å². The molecule has 0 amide bonds. The summed E-state index contributed by atoms with van der Waals surface area (Å²) >= 11 is 0. The van der Waals surface area contributed by atoms with Gasteiger partial charge in [-0.25, -0.2) is 0 Å². The summed E-state index contributed by atoms with van der Waals surface area (Å²) in [5.74, 6) is 0. The third-order valence-electron chi connectivity index (χ3n) is 8.31. The van der Waals surface area contributed by atoms with Gasteiger partial charge in [0.05, 0.1) is 18.8 Å². The Balaban J connectivity index is 1.39. The Morgan fingerprint density at radius 1 is 0.738 bits per heavy atom. The van der Waals surface area contributed by atoms with Crippen LogP contribution in [0.5, 0.6) is 0 Å². The first kappa shape index (κ1) is 30.0. The Morgan fingerprint density at radius 2 is 1.29 bits per heavy atom. The van der Waals surface area contributed by atoms with Crippen LogP contribution in [-0.4, -0.2) is 27.1 Å². The fraction of sp³-hybridized carbons (Fsp3) is 0.282. The SMILES string of the molecule is CC(C)(C)[Si](OC/C=C1/C[C@@H](CCc2ccccc2)O[C@@H](/C=C/c2ccccc2)C1)(c1ccccc1)c1ccccc1. The summed E-state index contributed by atoms with van der Waals surface area (Å²) in [4.78, 5) is 0. The van der Waals surface area contributed by atoms with Crippen molar-refractivity contribution in [1.82, 2.24) is 0 Å². The van der Waals surface area contributed by atoms with Crippen molar-refractivity contribution in [1.29, 1.82) is 0 Å². The number of hydrogen-bond donors (Lipinski definition) is 0. The van der Waals surface area contributed by atoms with E-state index in [0.717, 1.165) is 25.7 Å². The molecule has 1 fully saturated rings. The first-order valence-electron chi connectivity index (χ1n) is 15.3. The van der Waals surface area contributed by atoms with Gasteiger partial charge in [0, 0.05) is 0 Å². The minimum absolute atomic E-state index is 0.0386. The van der Waals surface area contributed by atoms with Gasteiger partial charge in [-0.15, -0.1) is 0 Å². The van der Waals surface area contributed by atoms with Gasteiger partial charge in [-0.3, -0.25) is 0 Å². The van der Waals surface area contributed by atoms with Gasteiger partial charge in [0.2, 0.25) is 0 Å². The van der Waals surface area contributed by atoms with E-state index < -0.39 is 8.32 Å². The second kappa shape index (κ2) is 14.1. The van der Waals surface area contributed by atoms with Gasteiger partial charge in [-0.1, -0.05) is 166 Å². The van der Waals surface area contributed by atoms with Crippen molar-refractivity contribution in [2.45, 2.75) is 63.7 Å². The highest BCUT2D eigenvalue weighted by molar-refractivity contribution is 6.99. The average molecular weight is 573 g/mol. The second-order valence-corrected chi connectivity index (χ2v) is 16.6. The molecule has 0 radical (unpaired) electrons. The lowest BCUT2D eigenvalue weighted by Gasteiger charge is -2.43. The summed E-state index contributed by atoms with van der Waals surface area (Å²) in [6, 6.07) is 43.1. The molecule has 0 spiro atoms. The van der Waals surface area contributed by atoms with E-state index in [0.29, 0.717) is 6.61 Å². The van der Waals surface area contributed by atoms with E-state index in [-0.39, 0.29) is 17.2 Å². The minimum atomic E-state index is -2.58. The van der Waals surface area contributed by atoms with E-state index in [1.54, 1.807) is 0 Å². The maximum absolute atomic E-state index is 7.20. The molecule has 0 saturated carbocycles. The minimum Gasteiger partial charge on any atom is -0.404 e. The summed E-state index contributed by atoms with van der Waals surface area (Å²) in [7, 11) is -2.58. The van der Waals surface area contributed by atoms with Crippen LogP contribution in [0, 0.1) is 0 Å². The number of aryl methyl sites for hydroxylation is 1. The molecule has 3 heteroatoms. The lowest BCUT2D eigenvalue weighted by molar-refractivity contribution is -0.00978. The summed E-state index contributed by atoms with van der Waals surface area (Å²) in [5.41, 5.74) is 4.00. The monoisotopic (exact) mass is 572 g/mol. The van der Waals surface area contributed by atoms with Crippen molar-refractivity contribution in [3.05, 3.63) is 150 Å². The van der Waals surface area contributed by atoms with Crippen LogP contribution in [0.2, 0.25) is 5.04 Å². The zero-order valence-electron chi connectivity index (χ0n) is 25.3. The highest BCUT2D eigenvalue weighted by Crippen LogP contribution is 2.37. The van der Waals surface area contributed by atoms with Gasteiger partial charge >= 0.3 is 0 Å². The number of rotatable bonds is 10. The zero-order chi connectivity index (χ0) is 29.3. The highest BCUT2D eigenvalue weighted by atomic mass is 28.4. The number of ether oxygens (including phenoxy) is 1. The molecule has 1 aliphatic rings. The predicted octanol–water partition coefficient (Wildman–Crippen LogP) is 8.38. The molecule has 4 aromatic carbocycles. The molecule has 2 atom stereocenters. The highest BCUT2D eigenvalue weighted by Gasteiger charge is 2.49. The normalized spacial score (nSPS) is 18.9. The van der Waals surface area contributed by atoms with Crippen LogP contribution in [0.4, 0.5) is 0 Å². The van der Waals surface area contributed by atoms with Gasteiger partial charge in [0.1, 0.15) is 0 Å². The molecule has 0 unspecified atom stereocenters. The van der Waals surface area contributed by atoms with E-state index in [4.69, 9.17) is 9.16 Å². The second-order valence-electron chi connectivity index (χ2n) is 12.3. The van der Waals surface area contributed by atoms with Crippen molar-refractivity contribution in [3.63, 3.8) is 0 Å². The van der Waals surface area contributed by atoms with Crippen LogP contribution in [-0.2, 0) is 15.6 Å². The molecule has 5 rings (SSSR count). The summed E-state index contributed by atoms with van der Waals surface area (Å²) < 4.78 is 13.8. The summed E-state index contributed by atoms with van der Waals surface area (Å²) in [6.45, 7) is 7.61. The quantitative estimate of drug-likeness (QED) is 0.140. The van der Waals surface area contributed by atoms with E-state index >= 15 is 0 Å². The molecule has 4 aromatic rings. The topological polar surface area (TPSA) is 18.5 Å². The first-order chi connectivity index (χ1) is 20.4. The Labute approximate surface area is 253 Å². The Hall–Kier alpha value is -3.50. The Morgan fingerprint density at radius 3 is 1.86 bits per heavy atom. The third kappa shape index (κ3) is 7.46. The average Bonchev–Trinajstić information content (AvgIpc) is 3.02. The number of benzene rings is 4. The largest absolute Gasteiger partial charge is 0.404 e. The van der Waals surface area contributed by atoms with Crippen LogP contribution >= 0.6 is 0 Å². The smallest absolute Gasteiger partial charge is 0.261 e. The molecule has 216 valence electrons. The molecule has 0 bridgehead atoms. The van der Waals surface area contributed by atoms with Gasteiger partial charge in [-0.2, -0.15) is 0 Å². The van der Waals surface area contributed by atoms with Crippen LogP contribution in [0.3, 0.4) is 0 Å². The van der Waals surface area contributed by atoms with Crippen LogP contribution in [0.1, 0.15) is 51.2 Å². The Kier molecular flexibility index (Phi) is 10.1. The zero-order valence-corrected chi connectivity index (χ0v) is 26.3. The molecule has 2 nitrogen and oxygen atoms in total. The van der Waals surface area contributed by atoms with E-state index in [9.17, 15) is 0 Å². The van der Waals surface area contributed by atoms with Gasteiger partial charge < -0.3 is 9.16 Å². The van der Waals surface area contributed by atoms with E-state index in [1.807, 2.05) is 0 Å². The van der Waals surface area contributed by atoms with Gasteiger partial charge in [0.15, 0.2) is 0 Å². The first-order valence-corrected chi connectivity index (χ1v) is 17.2. The van der Waals surface area contributed by atoms with E-state index in [1.165, 1.54) is 27.1 Å². The lowest BCUT2D eigenvalue weighted by Crippen LogP contribution is -2.66. The van der Waals surface area contributed by atoms with Crippen LogP contribution in [0.25, 0.3) is 6.08 Å². The third-order valence-corrected chi connectivity index (χ3v) is 13.3. The van der Waals surface area contributed by atoms with Crippen molar-refractivity contribution < 1.29 is 9.16 Å². The number of hydrogen-bond acceptors (Lipinski definition) is 2. The van der Waals surface area contributed by atoms with Gasteiger partial charge in [-0.05, 0) is 52.2 Å². The standard InChI is InChI=1S/C39H44O2Si/c1-39(2,3)42(37-20-12-6-13-21-37,38-22-14-7-15-23-38)40-29-28-34-30-35(26-24-32-16-8-4-9-17-32)41-36(31-34)27-25-33-18-10-5-11-19-33/h4-24,26,28,35-36H,25,27,29-31H2,1-3H3/b26-24+,34-28+/t35-,36+/m0/s1. The summed E-state index contributed by atoms with van der Waals surface area (Å²) in [6.07, 6.45) is 10.9. The van der Waals surface area contributed by atoms with Crippen LogP contribution < -0.4 is 10.4 Å². The maximum Gasteiger partial charge on any atom is 0.261 e. The Bertz CT molecular complexity index is 1380. The predicted molar refractivity (Wildman–Crippen MR) is 180 cm³/mol. The fourth-order valence-corrected chi connectivity index (χ4v) is 10.7. The lowest BCUT2D eigenvalue weighted by atomic mass is 9.93. The van der Waals surface area contributed by atoms with E-state index in [2.05, 4.69) is 160 Å². The maximum atomic E-state index is 7.20. The van der Waals surface area contributed by atoms with Crippen molar-refractivity contribution >= 4 is 24.8 Å². The van der Waals surface area contributed by atoms with Crippen molar-refractivity contribution in [2.24, 2.45) is 0 Å². The molecule has 1 saturated heterocycles. The molecule has 0 aliphatic carbocycles. The molecule has 0 aromatic heterocycles. The molecule has 0 N–H and O–H groups in total. The molecule has 42 heavy (non-hydrogen) atoms. The molecule has 1 heterocycles. The summed E-state index contributed by atoms with van der Waals surface area (Å²) in [5, 5.41) is 2.60. The molecule has 1 aliphatic heterocycles. The molecular weight excluding hydrogens is 529 g/mol. The van der Waals surface area contributed by atoms with Gasteiger partial charge in [0.25, 0.3) is 8.32 Å². The fourth-order valence-electron chi connectivity index (χ4n) is 6.23.